The number of aliphatic carboxylic acids is 1. The molecule has 92 valence electrons. The van der Waals surface area contributed by atoms with Crippen LogP contribution in [0, 0.1) is 0 Å². The van der Waals surface area contributed by atoms with E-state index >= 15 is 0 Å². The molecule has 1 heterocycles. The summed E-state index contributed by atoms with van der Waals surface area (Å²) in [5, 5.41) is 8.78. The van der Waals surface area contributed by atoms with Gasteiger partial charge in [0.15, 0.2) is 0 Å². The van der Waals surface area contributed by atoms with Crippen LogP contribution < -0.4 is 5.73 Å². The summed E-state index contributed by atoms with van der Waals surface area (Å²) in [6.07, 6.45) is 0.595. The largest absolute Gasteiger partial charge is 0.481 e. The number of nitrogens with zero attached hydrogens (tertiary/aromatic N) is 1. The van der Waals surface area contributed by atoms with Crippen LogP contribution in [0.4, 0.5) is 0 Å². The number of nitrogens with two attached hydrogens (primary N) is 1. The predicted molar refractivity (Wildman–Crippen MR) is 63.3 cm³/mol. The van der Waals surface area contributed by atoms with E-state index in [1.807, 2.05) is 6.92 Å². The molecule has 2 atom stereocenters. The first-order chi connectivity index (χ1) is 7.56. The molecule has 0 radical (unpaired) electrons. The average molecular weight is 246 g/mol. The third-order valence-corrected chi connectivity index (χ3v) is 3.77. The van der Waals surface area contributed by atoms with E-state index in [2.05, 4.69) is 0 Å². The van der Waals surface area contributed by atoms with Crippen molar-refractivity contribution in [1.29, 1.82) is 0 Å². The van der Waals surface area contributed by atoms with Gasteiger partial charge in [0.25, 0.3) is 0 Å². The molecule has 0 aliphatic carbocycles. The number of carboxylic acid groups (broad SMARTS) is 1. The van der Waals surface area contributed by atoms with Crippen molar-refractivity contribution in [3.63, 3.8) is 0 Å². The maximum atomic E-state index is 11.9. The molecule has 0 aromatic rings. The first-order valence-electron chi connectivity index (χ1n) is 5.41. The van der Waals surface area contributed by atoms with Crippen LogP contribution >= 0.6 is 11.8 Å². The van der Waals surface area contributed by atoms with Gasteiger partial charge in [0.1, 0.15) is 0 Å². The topological polar surface area (TPSA) is 83.6 Å². The van der Waals surface area contributed by atoms with Gasteiger partial charge in [-0.2, -0.15) is 11.8 Å². The molecule has 1 aliphatic rings. The van der Waals surface area contributed by atoms with Gasteiger partial charge in [-0.1, -0.05) is 6.92 Å². The van der Waals surface area contributed by atoms with Gasteiger partial charge in [-0.25, -0.2) is 0 Å². The molecule has 1 rings (SSSR count). The molecule has 0 bridgehead atoms. The molecule has 1 fully saturated rings. The maximum Gasteiger partial charge on any atom is 0.305 e. The van der Waals surface area contributed by atoms with Crippen molar-refractivity contribution in [3.05, 3.63) is 0 Å². The number of amides is 1. The first kappa shape index (κ1) is 13.3. The Balaban J connectivity index is 2.65. The zero-order valence-electron chi connectivity index (χ0n) is 9.39. The van der Waals surface area contributed by atoms with Crippen molar-refractivity contribution in [2.45, 2.75) is 31.8 Å². The van der Waals surface area contributed by atoms with Gasteiger partial charge in [-0.05, 0) is 6.42 Å². The predicted octanol–water partition coefficient (Wildman–Crippen LogP) is 0.142. The van der Waals surface area contributed by atoms with E-state index in [0.29, 0.717) is 18.7 Å². The van der Waals surface area contributed by atoms with Crippen LogP contribution in [-0.4, -0.2) is 52.0 Å². The minimum atomic E-state index is -0.865. The smallest absolute Gasteiger partial charge is 0.305 e. The van der Waals surface area contributed by atoms with E-state index in [0.717, 1.165) is 5.75 Å². The average Bonchev–Trinajstić information content (AvgIpc) is 2.27. The van der Waals surface area contributed by atoms with Crippen LogP contribution in [0.1, 0.15) is 19.8 Å². The molecule has 0 spiro atoms. The highest BCUT2D eigenvalue weighted by atomic mass is 32.2. The maximum absolute atomic E-state index is 11.9. The fraction of sp³-hybridized carbons (Fsp3) is 0.800. The van der Waals surface area contributed by atoms with E-state index in [4.69, 9.17) is 10.8 Å². The molecule has 0 aromatic carbocycles. The van der Waals surface area contributed by atoms with Crippen molar-refractivity contribution in [3.8, 4) is 0 Å². The monoisotopic (exact) mass is 246 g/mol. The Hall–Kier alpha value is -0.750. The molecule has 3 N–H and O–H groups in total. The SMILES string of the molecule is CCC(N)C(=O)N1CCSCC1CC(=O)O. The number of carbonyl (C=O) groups excluding carboxylic acids is 1. The Morgan fingerprint density at radius 3 is 2.88 bits per heavy atom. The zero-order chi connectivity index (χ0) is 12.1. The minimum Gasteiger partial charge on any atom is -0.481 e. The molecule has 1 saturated heterocycles. The van der Waals surface area contributed by atoms with Gasteiger partial charge in [-0.15, -0.1) is 0 Å². The fourth-order valence-electron chi connectivity index (χ4n) is 1.70. The van der Waals surface area contributed by atoms with Crippen LogP contribution in [0.2, 0.25) is 0 Å². The van der Waals surface area contributed by atoms with Crippen LogP contribution in [0.15, 0.2) is 0 Å². The summed E-state index contributed by atoms with van der Waals surface area (Å²) in [6.45, 7) is 2.46. The summed E-state index contributed by atoms with van der Waals surface area (Å²) < 4.78 is 0. The van der Waals surface area contributed by atoms with E-state index in [1.54, 1.807) is 16.7 Å². The van der Waals surface area contributed by atoms with Crippen molar-refractivity contribution in [2.75, 3.05) is 18.1 Å². The molecule has 1 aliphatic heterocycles. The van der Waals surface area contributed by atoms with Gasteiger partial charge in [0.05, 0.1) is 18.5 Å². The second kappa shape index (κ2) is 6.10. The van der Waals surface area contributed by atoms with E-state index in [1.165, 1.54) is 0 Å². The van der Waals surface area contributed by atoms with Crippen LogP contribution in [-0.2, 0) is 9.59 Å². The summed E-state index contributed by atoms with van der Waals surface area (Å²) in [5.41, 5.74) is 5.69. The Morgan fingerprint density at radius 2 is 2.31 bits per heavy atom. The van der Waals surface area contributed by atoms with Crippen LogP contribution in [0.25, 0.3) is 0 Å². The number of thioether (sulfide) groups is 1. The second-order valence-corrected chi connectivity index (χ2v) is 5.02. The standard InChI is InChI=1S/C10H18N2O3S/c1-2-8(11)10(15)12-3-4-16-6-7(12)5-9(13)14/h7-8H,2-6,11H2,1H3,(H,13,14). The number of carboxylic acids is 1. The first-order valence-corrected chi connectivity index (χ1v) is 6.57. The summed E-state index contributed by atoms with van der Waals surface area (Å²) in [5.74, 6) is 0.566. The number of carbonyl (C=O) groups is 2. The van der Waals surface area contributed by atoms with Gasteiger partial charge < -0.3 is 15.7 Å². The van der Waals surface area contributed by atoms with Crippen molar-refractivity contribution >= 4 is 23.6 Å². The summed E-state index contributed by atoms with van der Waals surface area (Å²) >= 11 is 1.69. The molecule has 0 aromatic heterocycles. The van der Waals surface area contributed by atoms with E-state index in [-0.39, 0.29) is 18.4 Å². The second-order valence-electron chi connectivity index (χ2n) is 3.87. The Labute approximate surface area is 99.4 Å². The highest BCUT2D eigenvalue weighted by molar-refractivity contribution is 7.99. The highest BCUT2D eigenvalue weighted by Crippen LogP contribution is 2.20. The lowest BCUT2D eigenvalue weighted by molar-refractivity contribution is -0.140. The normalized spacial score (nSPS) is 22.9. The molecular weight excluding hydrogens is 228 g/mol. The summed E-state index contributed by atoms with van der Waals surface area (Å²) in [7, 11) is 0. The van der Waals surface area contributed by atoms with Gasteiger partial charge in [-0.3, -0.25) is 9.59 Å². The summed E-state index contributed by atoms with van der Waals surface area (Å²) in [4.78, 5) is 24.3. The lowest BCUT2D eigenvalue weighted by Crippen LogP contribution is -2.52. The zero-order valence-corrected chi connectivity index (χ0v) is 10.2. The van der Waals surface area contributed by atoms with Crippen molar-refractivity contribution in [2.24, 2.45) is 5.73 Å². The van der Waals surface area contributed by atoms with Crippen LogP contribution in [0.5, 0.6) is 0 Å². The third-order valence-electron chi connectivity index (χ3n) is 2.68. The molecule has 1 amide bonds. The van der Waals surface area contributed by atoms with Crippen molar-refractivity contribution < 1.29 is 14.7 Å². The van der Waals surface area contributed by atoms with E-state index in [9.17, 15) is 9.59 Å². The molecule has 6 heteroatoms. The summed E-state index contributed by atoms with van der Waals surface area (Å²) in [6, 6.07) is -0.708. The minimum absolute atomic E-state index is 0.00910. The Morgan fingerprint density at radius 1 is 1.62 bits per heavy atom. The van der Waals surface area contributed by atoms with Gasteiger partial charge in [0.2, 0.25) is 5.91 Å². The van der Waals surface area contributed by atoms with E-state index < -0.39 is 12.0 Å². The number of rotatable bonds is 4. The number of hydrogen-bond acceptors (Lipinski definition) is 4. The Bertz CT molecular complexity index is 273. The molecule has 5 nitrogen and oxygen atoms in total. The van der Waals surface area contributed by atoms with Gasteiger partial charge >= 0.3 is 5.97 Å². The lowest BCUT2D eigenvalue weighted by atomic mass is 10.1. The number of hydrogen-bond donors (Lipinski definition) is 2. The fourth-order valence-corrected chi connectivity index (χ4v) is 2.77. The Kier molecular flexibility index (Phi) is 5.08. The quantitative estimate of drug-likeness (QED) is 0.737. The molecular formula is C10H18N2O3S. The molecule has 0 saturated carbocycles. The van der Waals surface area contributed by atoms with Crippen LogP contribution in [0.3, 0.4) is 0 Å². The molecule has 16 heavy (non-hydrogen) atoms. The lowest BCUT2D eigenvalue weighted by Gasteiger charge is -2.36. The van der Waals surface area contributed by atoms with Gasteiger partial charge in [0, 0.05) is 18.1 Å². The highest BCUT2D eigenvalue weighted by Gasteiger charge is 2.30. The third kappa shape index (κ3) is 3.38. The van der Waals surface area contributed by atoms with Crippen molar-refractivity contribution in [1.82, 2.24) is 4.90 Å². The molecule has 2 unspecified atom stereocenters.